The molecule has 5 nitrogen and oxygen atoms in total. The van der Waals surface area contributed by atoms with Crippen molar-refractivity contribution in [1.29, 1.82) is 0 Å². The van der Waals surface area contributed by atoms with Crippen molar-refractivity contribution >= 4 is 22.1 Å². The molecule has 18 heavy (non-hydrogen) atoms. The second-order valence-electron chi connectivity index (χ2n) is 4.45. The van der Waals surface area contributed by atoms with Crippen LogP contribution in [0.3, 0.4) is 0 Å². The lowest BCUT2D eigenvalue weighted by molar-refractivity contribution is 0.585. The van der Waals surface area contributed by atoms with Gasteiger partial charge >= 0.3 is 0 Å². The van der Waals surface area contributed by atoms with E-state index < -0.39 is 10.8 Å². The third-order valence-electron chi connectivity index (χ3n) is 2.42. The summed E-state index contributed by atoms with van der Waals surface area (Å²) in [7, 11) is -1.19. The van der Waals surface area contributed by atoms with Crippen LogP contribution < -0.4 is 0 Å². The molecule has 1 N–H and O–H groups in total. The third-order valence-corrected chi connectivity index (χ3v) is 4.57. The first-order valence-corrected chi connectivity index (χ1v) is 8.02. The Morgan fingerprint density at radius 3 is 3.00 bits per heavy atom. The molecule has 0 radical (unpaired) electrons. The Balaban J connectivity index is 1.92. The number of aromatic amines is 1. The monoisotopic (exact) mass is 284 g/mol. The van der Waals surface area contributed by atoms with Crippen molar-refractivity contribution in [2.75, 3.05) is 0 Å². The van der Waals surface area contributed by atoms with Crippen LogP contribution in [0.1, 0.15) is 31.0 Å². The van der Waals surface area contributed by atoms with E-state index in [1.807, 2.05) is 5.38 Å². The Bertz CT molecular complexity index is 507. The number of thiazole rings is 1. The van der Waals surface area contributed by atoms with Crippen LogP contribution in [0.5, 0.6) is 0 Å². The zero-order valence-corrected chi connectivity index (χ0v) is 12.1. The number of hydrogen-bond acceptors (Lipinski definition) is 5. The van der Waals surface area contributed by atoms with Crippen molar-refractivity contribution in [3.63, 3.8) is 0 Å². The molecule has 0 aliphatic heterocycles. The molecule has 0 aromatic carbocycles. The van der Waals surface area contributed by atoms with Crippen LogP contribution in [0.25, 0.3) is 0 Å². The smallest absolute Gasteiger partial charge is 0.214 e. The summed E-state index contributed by atoms with van der Waals surface area (Å²) in [5, 5.41) is 9.81. The van der Waals surface area contributed by atoms with Gasteiger partial charge in [0.25, 0.3) is 0 Å². The first-order chi connectivity index (χ1) is 8.65. The fourth-order valence-corrected chi connectivity index (χ4v) is 3.24. The molecule has 0 aliphatic carbocycles. The van der Waals surface area contributed by atoms with E-state index in [2.05, 4.69) is 34.0 Å². The molecule has 98 valence electrons. The summed E-state index contributed by atoms with van der Waals surface area (Å²) in [6, 6.07) is 0. The predicted octanol–water partition coefficient (Wildman–Crippen LogP) is 2.16. The highest BCUT2D eigenvalue weighted by atomic mass is 32.2. The Labute approximate surface area is 113 Å². The SMILES string of the molecule is CC(C)CCc1nc(C[S@](=O)c2ncn[nH]2)cs1. The van der Waals surface area contributed by atoms with Crippen LogP contribution >= 0.6 is 11.3 Å². The summed E-state index contributed by atoms with van der Waals surface area (Å²) < 4.78 is 11.9. The van der Waals surface area contributed by atoms with Crippen molar-refractivity contribution < 1.29 is 4.21 Å². The van der Waals surface area contributed by atoms with Gasteiger partial charge in [-0.1, -0.05) is 13.8 Å². The van der Waals surface area contributed by atoms with E-state index >= 15 is 0 Å². The predicted molar refractivity (Wildman–Crippen MR) is 71.8 cm³/mol. The lowest BCUT2D eigenvalue weighted by Crippen LogP contribution is -1.99. The minimum absolute atomic E-state index is 0.396. The maximum absolute atomic E-state index is 11.9. The average Bonchev–Trinajstić information content (AvgIpc) is 2.97. The molecule has 0 fully saturated rings. The number of hydrogen-bond donors (Lipinski definition) is 1. The lowest BCUT2D eigenvalue weighted by Gasteiger charge is -2.00. The standard InChI is InChI=1S/C11H16N4OS2/c1-8(2)3-4-10-14-9(5-17-10)6-18(16)11-12-7-13-15-11/h5,7-8H,3-4,6H2,1-2H3,(H,12,13,15)/t18-/m0/s1. The Morgan fingerprint density at radius 1 is 1.50 bits per heavy atom. The average molecular weight is 284 g/mol. The Hall–Kier alpha value is -1.08. The van der Waals surface area contributed by atoms with Crippen molar-refractivity contribution in [3.05, 3.63) is 22.4 Å². The topological polar surface area (TPSA) is 71.5 Å². The van der Waals surface area contributed by atoms with E-state index in [1.54, 1.807) is 11.3 Å². The van der Waals surface area contributed by atoms with Crippen LogP contribution in [-0.2, 0) is 23.0 Å². The summed E-state index contributed by atoms with van der Waals surface area (Å²) in [6.07, 6.45) is 3.50. The van der Waals surface area contributed by atoms with Crippen LogP contribution in [0, 0.1) is 5.92 Å². The van der Waals surface area contributed by atoms with E-state index in [-0.39, 0.29) is 0 Å². The summed E-state index contributed by atoms with van der Waals surface area (Å²) in [5.74, 6) is 1.08. The van der Waals surface area contributed by atoms with Gasteiger partial charge in [-0.15, -0.1) is 11.3 Å². The van der Waals surface area contributed by atoms with Crippen LogP contribution in [-0.4, -0.2) is 24.4 Å². The van der Waals surface area contributed by atoms with Gasteiger partial charge in [0, 0.05) is 5.38 Å². The minimum atomic E-state index is -1.19. The highest BCUT2D eigenvalue weighted by Gasteiger charge is 2.11. The van der Waals surface area contributed by atoms with Gasteiger partial charge in [-0.05, 0) is 18.8 Å². The molecule has 0 unspecified atom stereocenters. The quantitative estimate of drug-likeness (QED) is 0.882. The number of H-pyrrole nitrogens is 1. The van der Waals surface area contributed by atoms with Crippen molar-refractivity contribution in [3.8, 4) is 0 Å². The zero-order chi connectivity index (χ0) is 13.0. The van der Waals surface area contributed by atoms with Crippen LogP contribution in [0.15, 0.2) is 16.9 Å². The molecule has 0 saturated heterocycles. The molecule has 2 rings (SSSR count). The van der Waals surface area contributed by atoms with Gasteiger partial charge in [-0.25, -0.2) is 9.97 Å². The molecule has 7 heteroatoms. The largest absolute Gasteiger partial charge is 0.252 e. The molecule has 0 bridgehead atoms. The second-order valence-corrected chi connectivity index (χ2v) is 6.75. The number of rotatable bonds is 6. The first-order valence-electron chi connectivity index (χ1n) is 5.82. The highest BCUT2D eigenvalue weighted by molar-refractivity contribution is 7.84. The number of nitrogens with zero attached hydrogens (tertiary/aromatic N) is 3. The van der Waals surface area contributed by atoms with E-state index in [1.165, 1.54) is 6.33 Å². The van der Waals surface area contributed by atoms with Gasteiger partial charge in [0.15, 0.2) is 0 Å². The van der Waals surface area contributed by atoms with Crippen LogP contribution in [0.4, 0.5) is 0 Å². The number of aromatic nitrogens is 4. The molecule has 2 heterocycles. The van der Waals surface area contributed by atoms with Crippen molar-refractivity contribution in [1.82, 2.24) is 20.2 Å². The molecule has 0 aliphatic rings. The maximum atomic E-state index is 11.9. The van der Waals surface area contributed by atoms with Crippen LogP contribution in [0.2, 0.25) is 0 Å². The van der Waals surface area contributed by atoms with Gasteiger partial charge in [0.05, 0.1) is 27.3 Å². The number of aryl methyl sites for hydroxylation is 1. The van der Waals surface area contributed by atoms with E-state index in [0.29, 0.717) is 16.8 Å². The lowest BCUT2D eigenvalue weighted by atomic mass is 10.1. The van der Waals surface area contributed by atoms with Gasteiger partial charge in [0.1, 0.15) is 6.33 Å². The molecule has 2 aromatic rings. The molecular formula is C11H16N4OS2. The zero-order valence-electron chi connectivity index (χ0n) is 10.4. The molecule has 2 aromatic heterocycles. The molecule has 0 saturated carbocycles. The summed E-state index contributed by atoms with van der Waals surface area (Å²) in [4.78, 5) is 8.38. The van der Waals surface area contributed by atoms with E-state index in [4.69, 9.17) is 0 Å². The van der Waals surface area contributed by atoms with Crippen molar-refractivity contribution in [2.45, 2.75) is 37.6 Å². The highest BCUT2D eigenvalue weighted by Crippen LogP contribution is 2.16. The minimum Gasteiger partial charge on any atom is -0.252 e. The van der Waals surface area contributed by atoms with E-state index in [9.17, 15) is 4.21 Å². The normalized spacial score (nSPS) is 13.1. The summed E-state index contributed by atoms with van der Waals surface area (Å²) in [5.41, 5.74) is 0.869. The third kappa shape index (κ3) is 3.71. The molecule has 1 atom stereocenters. The molecule has 0 spiro atoms. The van der Waals surface area contributed by atoms with E-state index in [0.717, 1.165) is 23.5 Å². The summed E-state index contributed by atoms with van der Waals surface area (Å²) >= 11 is 1.64. The van der Waals surface area contributed by atoms with Crippen molar-refractivity contribution in [2.24, 2.45) is 5.92 Å². The van der Waals surface area contributed by atoms with Gasteiger partial charge in [-0.3, -0.25) is 9.31 Å². The fraction of sp³-hybridized carbons (Fsp3) is 0.545. The molecular weight excluding hydrogens is 268 g/mol. The fourth-order valence-electron chi connectivity index (χ4n) is 1.45. The Morgan fingerprint density at radius 2 is 2.33 bits per heavy atom. The maximum Gasteiger partial charge on any atom is 0.214 e. The Kier molecular flexibility index (Phi) is 4.60. The number of nitrogens with one attached hydrogen (secondary N) is 1. The first kappa shape index (κ1) is 13.4. The molecule has 0 amide bonds. The summed E-state index contributed by atoms with van der Waals surface area (Å²) in [6.45, 7) is 4.40. The second kappa shape index (κ2) is 6.19. The van der Waals surface area contributed by atoms with Gasteiger partial charge in [-0.2, -0.15) is 5.10 Å². The van der Waals surface area contributed by atoms with Gasteiger partial charge in [0.2, 0.25) is 5.16 Å². The van der Waals surface area contributed by atoms with Gasteiger partial charge < -0.3 is 0 Å².